The van der Waals surface area contributed by atoms with Crippen LogP contribution in [-0.2, 0) is 16.4 Å². The number of hydrogen-bond donors (Lipinski definition) is 1. The Morgan fingerprint density at radius 2 is 2.10 bits per heavy atom. The highest BCUT2D eigenvalue weighted by molar-refractivity contribution is 7.89. The summed E-state index contributed by atoms with van der Waals surface area (Å²) in [7, 11) is -0.359. The Labute approximate surface area is 126 Å². The highest BCUT2D eigenvalue weighted by atomic mass is 32.2. The van der Waals surface area contributed by atoms with E-state index >= 15 is 0 Å². The summed E-state index contributed by atoms with van der Waals surface area (Å²) in [6, 6.07) is 4.89. The molecule has 1 N–H and O–H groups in total. The molecule has 2 rings (SSSR count). The van der Waals surface area contributed by atoms with Gasteiger partial charge in [0.15, 0.2) is 0 Å². The Balaban J connectivity index is 2.28. The summed E-state index contributed by atoms with van der Waals surface area (Å²) in [5.41, 5.74) is 0.595. The van der Waals surface area contributed by atoms with E-state index in [-0.39, 0.29) is 11.5 Å². The van der Waals surface area contributed by atoms with Crippen LogP contribution in [0, 0.1) is 5.92 Å². The van der Waals surface area contributed by atoms with Crippen molar-refractivity contribution in [1.29, 1.82) is 0 Å². The smallest absolute Gasteiger partial charge is 0.243 e. The van der Waals surface area contributed by atoms with Gasteiger partial charge in [-0.25, -0.2) is 12.7 Å². The average Bonchev–Trinajstić information content (AvgIpc) is 2.42. The Hall–Kier alpha value is -1.11. The van der Waals surface area contributed by atoms with Crippen molar-refractivity contribution in [2.45, 2.75) is 30.6 Å². The zero-order chi connectivity index (χ0) is 15.5. The number of benzene rings is 1. The lowest BCUT2D eigenvalue weighted by Crippen LogP contribution is -2.34. The van der Waals surface area contributed by atoms with Gasteiger partial charge < -0.3 is 9.84 Å². The van der Waals surface area contributed by atoms with E-state index in [1.54, 1.807) is 25.2 Å². The molecular weight excluding hydrogens is 290 g/mol. The second kappa shape index (κ2) is 6.77. The lowest BCUT2D eigenvalue weighted by atomic mass is 9.86. The SMILES string of the molecule is COc1ccc(S(=O)(=O)N(C)CC2CCC2)c(CCO)c1. The van der Waals surface area contributed by atoms with Gasteiger partial charge in [-0.05, 0) is 48.9 Å². The Morgan fingerprint density at radius 1 is 1.38 bits per heavy atom. The summed E-state index contributed by atoms with van der Waals surface area (Å²) in [5, 5.41) is 9.16. The van der Waals surface area contributed by atoms with E-state index in [9.17, 15) is 8.42 Å². The van der Waals surface area contributed by atoms with E-state index in [0.29, 0.717) is 30.2 Å². The lowest BCUT2D eigenvalue weighted by molar-refractivity contribution is 0.262. The van der Waals surface area contributed by atoms with Crippen molar-refractivity contribution in [3.8, 4) is 5.75 Å². The Morgan fingerprint density at radius 3 is 2.62 bits per heavy atom. The van der Waals surface area contributed by atoms with Crippen molar-refractivity contribution in [3.05, 3.63) is 23.8 Å². The van der Waals surface area contributed by atoms with Gasteiger partial charge in [0.05, 0.1) is 12.0 Å². The summed E-state index contributed by atoms with van der Waals surface area (Å²) >= 11 is 0. The minimum Gasteiger partial charge on any atom is -0.497 e. The van der Waals surface area contributed by atoms with Crippen molar-refractivity contribution >= 4 is 10.0 Å². The Bertz CT molecular complexity index is 581. The quantitative estimate of drug-likeness (QED) is 0.831. The van der Waals surface area contributed by atoms with Crippen LogP contribution in [0.1, 0.15) is 24.8 Å². The molecule has 0 aliphatic heterocycles. The molecule has 5 nitrogen and oxygen atoms in total. The molecule has 1 saturated carbocycles. The second-order valence-electron chi connectivity index (χ2n) is 5.53. The van der Waals surface area contributed by atoms with E-state index in [2.05, 4.69) is 0 Å². The van der Waals surface area contributed by atoms with Gasteiger partial charge in [0.1, 0.15) is 5.75 Å². The average molecular weight is 313 g/mol. The molecular formula is C15H23NO4S. The predicted molar refractivity (Wildman–Crippen MR) is 80.9 cm³/mol. The van der Waals surface area contributed by atoms with Crippen molar-refractivity contribution in [2.24, 2.45) is 5.92 Å². The number of nitrogens with zero attached hydrogens (tertiary/aromatic N) is 1. The van der Waals surface area contributed by atoms with Crippen LogP contribution in [-0.4, -0.2) is 45.1 Å². The largest absolute Gasteiger partial charge is 0.497 e. The lowest BCUT2D eigenvalue weighted by Gasteiger charge is -2.30. The topological polar surface area (TPSA) is 66.8 Å². The number of hydrogen-bond acceptors (Lipinski definition) is 4. The molecule has 0 amide bonds. The molecule has 1 aromatic rings. The maximum atomic E-state index is 12.7. The molecule has 0 spiro atoms. The molecule has 0 saturated heterocycles. The third-order valence-corrected chi connectivity index (χ3v) is 6.00. The summed E-state index contributed by atoms with van der Waals surface area (Å²) in [6.45, 7) is 0.467. The summed E-state index contributed by atoms with van der Waals surface area (Å²) in [4.78, 5) is 0.263. The normalized spacial score (nSPS) is 16.0. The predicted octanol–water partition coefficient (Wildman–Crippen LogP) is 1.65. The molecule has 0 unspecified atom stereocenters. The van der Waals surface area contributed by atoms with Gasteiger partial charge in [0.25, 0.3) is 0 Å². The molecule has 6 heteroatoms. The van der Waals surface area contributed by atoms with E-state index in [4.69, 9.17) is 9.84 Å². The van der Waals surface area contributed by atoms with Gasteiger partial charge in [-0.3, -0.25) is 0 Å². The van der Waals surface area contributed by atoms with Crippen molar-refractivity contribution in [2.75, 3.05) is 27.3 Å². The zero-order valence-electron chi connectivity index (χ0n) is 12.6. The van der Waals surface area contributed by atoms with E-state index < -0.39 is 10.0 Å². The summed E-state index contributed by atoms with van der Waals surface area (Å²) in [5.74, 6) is 1.07. The van der Waals surface area contributed by atoms with Gasteiger partial charge >= 0.3 is 0 Å². The third kappa shape index (κ3) is 3.56. The highest BCUT2D eigenvalue weighted by Gasteiger charge is 2.28. The van der Waals surface area contributed by atoms with Crippen LogP contribution in [0.25, 0.3) is 0 Å². The zero-order valence-corrected chi connectivity index (χ0v) is 13.4. The molecule has 1 aliphatic carbocycles. The van der Waals surface area contributed by atoms with Crippen LogP contribution in [0.3, 0.4) is 0 Å². The maximum Gasteiger partial charge on any atom is 0.243 e. The standard InChI is InChI=1S/C15H23NO4S/c1-16(11-12-4-3-5-12)21(18,19)15-7-6-14(20-2)10-13(15)8-9-17/h6-7,10,12,17H,3-5,8-9,11H2,1-2H3. The van der Waals surface area contributed by atoms with E-state index in [1.165, 1.54) is 17.8 Å². The minimum atomic E-state index is -3.52. The second-order valence-corrected chi connectivity index (χ2v) is 7.54. The van der Waals surface area contributed by atoms with E-state index in [0.717, 1.165) is 12.8 Å². The molecule has 0 aromatic heterocycles. The fourth-order valence-electron chi connectivity index (χ4n) is 2.56. The molecule has 1 fully saturated rings. The number of methoxy groups -OCH3 is 1. The van der Waals surface area contributed by atoms with Gasteiger partial charge in [0, 0.05) is 20.2 Å². The van der Waals surface area contributed by atoms with Crippen LogP contribution < -0.4 is 4.74 Å². The minimum absolute atomic E-state index is 0.0952. The van der Waals surface area contributed by atoms with Gasteiger partial charge in [-0.2, -0.15) is 0 Å². The monoisotopic (exact) mass is 313 g/mol. The summed E-state index contributed by atoms with van der Waals surface area (Å²) in [6.07, 6.45) is 3.69. The van der Waals surface area contributed by atoms with Crippen molar-refractivity contribution < 1.29 is 18.3 Å². The molecule has 21 heavy (non-hydrogen) atoms. The van der Waals surface area contributed by atoms with Crippen LogP contribution in [0.4, 0.5) is 0 Å². The highest BCUT2D eigenvalue weighted by Crippen LogP contribution is 2.30. The first kappa shape index (κ1) is 16.3. The number of ether oxygens (including phenoxy) is 1. The number of aliphatic hydroxyl groups excluding tert-OH is 1. The van der Waals surface area contributed by atoms with Gasteiger partial charge in [-0.15, -0.1) is 0 Å². The molecule has 0 radical (unpaired) electrons. The summed E-state index contributed by atoms with van der Waals surface area (Å²) < 4.78 is 32.0. The molecule has 118 valence electrons. The van der Waals surface area contributed by atoms with Crippen molar-refractivity contribution in [3.63, 3.8) is 0 Å². The van der Waals surface area contributed by atoms with E-state index in [1.807, 2.05) is 0 Å². The molecule has 1 aromatic carbocycles. The third-order valence-electron chi connectivity index (χ3n) is 4.08. The van der Waals surface area contributed by atoms with Crippen LogP contribution in [0.15, 0.2) is 23.1 Å². The molecule has 1 aliphatic rings. The fourth-order valence-corrected chi connectivity index (χ4v) is 4.03. The molecule has 0 atom stereocenters. The number of aliphatic hydroxyl groups is 1. The van der Waals surface area contributed by atoms with Gasteiger partial charge in [-0.1, -0.05) is 6.42 Å². The van der Waals surface area contributed by atoms with Crippen LogP contribution in [0.2, 0.25) is 0 Å². The van der Waals surface area contributed by atoms with Crippen molar-refractivity contribution in [1.82, 2.24) is 4.31 Å². The molecule has 0 heterocycles. The van der Waals surface area contributed by atoms with Crippen LogP contribution in [0.5, 0.6) is 5.75 Å². The Kier molecular flexibility index (Phi) is 5.24. The fraction of sp³-hybridized carbons (Fsp3) is 0.600. The molecule has 0 bridgehead atoms. The first-order chi connectivity index (χ1) is 9.98. The van der Waals surface area contributed by atoms with Gasteiger partial charge in [0.2, 0.25) is 10.0 Å². The number of sulfonamides is 1. The maximum absolute atomic E-state index is 12.7. The van der Waals surface area contributed by atoms with Crippen LogP contribution >= 0.6 is 0 Å². The number of rotatable bonds is 7. The first-order valence-corrected chi connectivity index (χ1v) is 8.67. The first-order valence-electron chi connectivity index (χ1n) is 7.23.